The maximum Gasteiger partial charge on any atom is 0.263 e. The fraction of sp³-hybridized carbons (Fsp3) is 0.130. The number of amides is 2. The number of carbonyl (C=O) groups is 2. The quantitative estimate of drug-likeness (QED) is 0.493. The lowest BCUT2D eigenvalue weighted by molar-refractivity contribution is 0.0651. The number of rotatable bonds is 5. The second kappa shape index (κ2) is 6.98. The molecule has 2 aromatic heterocycles. The van der Waals surface area contributed by atoms with Crippen molar-refractivity contribution in [2.45, 2.75) is 13.0 Å². The predicted octanol–water partition coefficient (Wildman–Crippen LogP) is 3.78. The number of imide groups is 1. The van der Waals surface area contributed by atoms with Gasteiger partial charge in [-0.3, -0.25) is 14.5 Å². The topological polar surface area (TPSA) is 68.1 Å². The summed E-state index contributed by atoms with van der Waals surface area (Å²) in [5.41, 5.74) is 2.97. The Balaban J connectivity index is 1.57. The predicted molar refractivity (Wildman–Crippen MR) is 109 cm³/mol. The van der Waals surface area contributed by atoms with E-state index in [0.717, 1.165) is 10.9 Å². The van der Waals surface area contributed by atoms with Crippen LogP contribution in [0.2, 0.25) is 0 Å². The molecule has 1 aliphatic heterocycles. The van der Waals surface area contributed by atoms with E-state index in [-0.39, 0.29) is 11.8 Å². The first-order chi connectivity index (χ1) is 14.2. The van der Waals surface area contributed by atoms with Crippen molar-refractivity contribution in [3.63, 3.8) is 0 Å². The molecule has 3 heterocycles. The van der Waals surface area contributed by atoms with Crippen LogP contribution in [0.1, 0.15) is 27.1 Å². The SMILES string of the molecule is O=C1c2c(-c3ccccc3)nc3ccccc3c2C(=O)N1CCCn1ccnc1. The maximum atomic E-state index is 13.3. The lowest BCUT2D eigenvalue weighted by atomic mass is 9.98. The molecule has 6 nitrogen and oxygen atoms in total. The molecule has 29 heavy (non-hydrogen) atoms. The van der Waals surface area contributed by atoms with Crippen LogP contribution >= 0.6 is 0 Å². The summed E-state index contributed by atoms with van der Waals surface area (Å²) in [4.78, 5) is 36.7. The summed E-state index contributed by atoms with van der Waals surface area (Å²) in [5.74, 6) is -0.515. The molecule has 0 fully saturated rings. The number of carbonyl (C=O) groups excluding carboxylic acids is 2. The fourth-order valence-electron chi connectivity index (χ4n) is 3.84. The standard InChI is InChI=1S/C23H18N4O2/c28-22-19-17-9-4-5-10-18(17)25-21(16-7-2-1-3-8-16)20(19)23(29)27(22)13-6-12-26-14-11-24-15-26/h1-5,7-11,14-15H,6,12-13H2. The molecule has 4 aromatic rings. The molecule has 0 saturated heterocycles. The molecule has 6 heteroatoms. The normalized spacial score (nSPS) is 13.3. The monoisotopic (exact) mass is 382 g/mol. The number of para-hydroxylation sites is 1. The van der Waals surface area contributed by atoms with Gasteiger partial charge >= 0.3 is 0 Å². The molecule has 142 valence electrons. The van der Waals surface area contributed by atoms with E-state index in [0.29, 0.717) is 41.8 Å². The Morgan fingerprint density at radius 3 is 2.38 bits per heavy atom. The van der Waals surface area contributed by atoms with Crippen molar-refractivity contribution in [2.24, 2.45) is 0 Å². The molecular weight excluding hydrogens is 364 g/mol. The molecule has 2 aromatic carbocycles. The zero-order valence-corrected chi connectivity index (χ0v) is 15.7. The highest BCUT2D eigenvalue weighted by Crippen LogP contribution is 2.36. The van der Waals surface area contributed by atoms with Gasteiger partial charge in [0.1, 0.15) is 0 Å². The molecule has 0 N–H and O–H groups in total. The van der Waals surface area contributed by atoms with E-state index >= 15 is 0 Å². The van der Waals surface area contributed by atoms with E-state index in [1.54, 1.807) is 12.5 Å². The van der Waals surface area contributed by atoms with Crippen LogP contribution in [0.15, 0.2) is 73.3 Å². The first-order valence-electron chi connectivity index (χ1n) is 9.54. The van der Waals surface area contributed by atoms with Gasteiger partial charge in [0, 0.05) is 36.4 Å². The zero-order chi connectivity index (χ0) is 19.8. The Bertz CT molecular complexity index is 1220. The average molecular weight is 382 g/mol. The van der Waals surface area contributed by atoms with Crippen molar-refractivity contribution in [2.75, 3.05) is 6.54 Å². The van der Waals surface area contributed by atoms with E-state index in [9.17, 15) is 9.59 Å². The third kappa shape index (κ3) is 2.89. The maximum absolute atomic E-state index is 13.3. The largest absolute Gasteiger partial charge is 0.337 e. The highest BCUT2D eigenvalue weighted by atomic mass is 16.2. The van der Waals surface area contributed by atoms with Crippen LogP contribution in [0.3, 0.4) is 0 Å². The summed E-state index contributed by atoms with van der Waals surface area (Å²) in [5, 5.41) is 0.720. The van der Waals surface area contributed by atoms with Crippen LogP contribution in [-0.2, 0) is 6.54 Å². The Morgan fingerprint density at radius 1 is 0.828 bits per heavy atom. The third-order valence-electron chi connectivity index (χ3n) is 5.21. The van der Waals surface area contributed by atoms with Gasteiger partial charge in [-0.25, -0.2) is 9.97 Å². The lowest BCUT2D eigenvalue weighted by Crippen LogP contribution is -2.31. The van der Waals surface area contributed by atoms with Gasteiger partial charge in [-0.05, 0) is 12.5 Å². The molecule has 2 amide bonds. The third-order valence-corrected chi connectivity index (χ3v) is 5.21. The van der Waals surface area contributed by atoms with E-state index in [1.807, 2.05) is 65.4 Å². The van der Waals surface area contributed by atoms with E-state index < -0.39 is 0 Å². The zero-order valence-electron chi connectivity index (χ0n) is 15.7. The molecular formula is C23H18N4O2. The summed E-state index contributed by atoms with van der Waals surface area (Å²) in [6.45, 7) is 1.05. The van der Waals surface area contributed by atoms with Crippen molar-refractivity contribution < 1.29 is 9.59 Å². The summed E-state index contributed by atoms with van der Waals surface area (Å²) in [7, 11) is 0. The number of aryl methyl sites for hydroxylation is 1. The van der Waals surface area contributed by atoms with Gasteiger partial charge in [0.05, 0.1) is 28.7 Å². The van der Waals surface area contributed by atoms with Crippen molar-refractivity contribution in [1.82, 2.24) is 19.4 Å². The van der Waals surface area contributed by atoms with E-state index in [1.165, 1.54) is 4.90 Å². The Kier molecular flexibility index (Phi) is 4.17. The number of hydrogen-bond donors (Lipinski definition) is 0. The van der Waals surface area contributed by atoms with Crippen molar-refractivity contribution in [3.8, 4) is 11.3 Å². The molecule has 1 aliphatic rings. The number of nitrogens with zero attached hydrogens (tertiary/aromatic N) is 4. The second-order valence-corrected chi connectivity index (χ2v) is 7.01. The van der Waals surface area contributed by atoms with Crippen molar-refractivity contribution >= 4 is 22.7 Å². The van der Waals surface area contributed by atoms with Gasteiger partial charge < -0.3 is 4.57 Å². The molecule has 0 bridgehead atoms. The Morgan fingerprint density at radius 2 is 1.59 bits per heavy atom. The lowest BCUT2D eigenvalue weighted by Gasteiger charge is -2.13. The van der Waals surface area contributed by atoms with Gasteiger partial charge in [-0.1, -0.05) is 48.5 Å². The minimum Gasteiger partial charge on any atom is -0.337 e. The molecule has 0 saturated carbocycles. The number of pyridine rings is 1. The number of benzene rings is 2. The number of aromatic nitrogens is 3. The number of imidazole rings is 1. The summed E-state index contributed by atoms with van der Waals surface area (Å²) in [6.07, 6.45) is 5.97. The summed E-state index contributed by atoms with van der Waals surface area (Å²) in [6, 6.07) is 17.0. The van der Waals surface area contributed by atoms with Gasteiger partial charge in [-0.2, -0.15) is 0 Å². The van der Waals surface area contributed by atoms with Crippen molar-refractivity contribution in [1.29, 1.82) is 0 Å². The first-order valence-corrected chi connectivity index (χ1v) is 9.54. The number of hydrogen-bond acceptors (Lipinski definition) is 4. The Hall–Kier alpha value is -3.80. The van der Waals surface area contributed by atoms with Crippen LogP contribution in [0.4, 0.5) is 0 Å². The molecule has 5 rings (SSSR count). The van der Waals surface area contributed by atoms with Gasteiger partial charge in [0.2, 0.25) is 0 Å². The number of fused-ring (bicyclic) bond motifs is 3. The Labute approximate surface area is 167 Å². The van der Waals surface area contributed by atoms with Gasteiger partial charge in [0.25, 0.3) is 11.8 Å². The van der Waals surface area contributed by atoms with Crippen molar-refractivity contribution in [3.05, 3.63) is 84.4 Å². The molecule has 0 aliphatic carbocycles. The van der Waals surface area contributed by atoms with Crippen LogP contribution in [-0.4, -0.2) is 37.8 Å². The van der Waals surface area contributed by atoms with Gasteiger partial charge in [-0.15, -0.1) is 0 Å². The minimum atomic E-state index is -0.271. The van der Waals surface area contributed by atoms with Crippen LogP contribution in [0.25, 0.3) is 22.2 Å². The highest BCUT2D eigenvalue weighted by Gasteiger charge is 2.39. The van der Waals surface area contributed by atoms with E-state index in [2.05, 4.69) is 4.98 Å². The van der Waals surface area contributed by atoms with Gasteiger partial charge in [0.15, 0.2) is 0 Å². The highest BCUT2D eigenvalue weighted by molar-refractivity contribution is 6.28. The average Bonchev–Trinajstić information content (AvgIpc) is 3.36. The molecule has 0 radical (unpaired) electrons. The molecule has 0 spiro atoms. The fourth-order valence-corrected chi connectivity index (χ4v) is 3.84. The molecule has 0 unspecified atom stereocenters. The van der Waals surface area contributed by atoms with Crippen LogP contribution < -0.4 is 0 Å². The minimum absolute atomic E-state index is 0.244. The first kappa shape index (κ1) is 17.3. The van der Waals surface area contributed by atoms with E-state index in [4.69, 9.17) is 4.98 Å². The smallest absolute Gasteiger partial charge is 0.263 e. The van der Waals surface area contributed by atoms with Crippen LogP contribution in [0.5, 0.6) is 0 Å². The summed E-state index contributed by atoms with van der Waals surface area (Å²) >= 11 is 0. The summed E-state index contributed by atoms with van der Waals surface area (Å²) < 4.78 is 1.94. The second-order valence-electron chi connectivity index (χ2n) is 7.01. The molecule has 0 atom stereocenters. The van der Waals surface area contributed by atoms with Crippen LogP contribution in [0, 0.1) is 0 Å².